The highest BCUT2D eigenvalue weighted by molar-refractivity contribution is 5.36. The summed E-state index contributed by atoms with van der Waals surface area (Å²) in [5.74, 6) is 0. The number of aliphatic hydroxyl groups is 1. The molecule has 3 rings (SSSR count). The van der Waals surface area contributed by atoms with Crippen LogP contribution in [0.4, 0.5) is 0 Å². The Morgan fingerprint density at radius 1 is 1.06 bits per heavy atom. The highest BCUT2D eigenvalue weighted by Gasteiger charge is 2.36. The fraction of sp³-hybridized carbons (Fsp3) is 0.625. The second kappa shape index (κ2) is 4.13. The average Bonchev–Trinajstić information content (AvgIpc) is 2.96. The Balaban J connectivity index is 1.88. The summed E-state index contributed by atoms with van der Waals surface area (Å²) in [6.45, 7) is 2.25. The van der Waals surface area contributed by atoms with E-state index >= 15 is 0 Å². The first kappa shape index (κ1) is 11.3. The van der Waals surface area contributed by atoms with Crippen LogP contribution in [-0.4, -0.2) is 5.11 Å². The summed E-state index contributed by atoms with van der Waals surface area (Å²) in [4.78, 5) is 0. The lowest BCUT2D eigenvalue weighted by Crippen LogP contribution is -2.22. The summed E-state index contributed by atoms with van der Waals surface area (Å²) < 4.78 is 0. The molecule has 0 spiro atoms. The van der Waals surface area contributed by atoms with Gasteiger partial charge in [-0.15, -0.1) is 0 Å². The average molecular weight is 230 g/mol. The normalized spacial score (nSPS) is 23.6. The molecular formula is C16H22O. The number of rotatable bonds is 2. The van der Waals surface area contributed by atoms with Gasteiger partial charge in [-0.3, -0.25) is 0 Å². The standard InChI is InChI=1S/C16H22O/c1-16(9-2-3-10-16)15(17)14-8-7-12-5-4-6-13(12)11-14/h7-8,11,15,17H,2-6,9-10H2,1H3. The Kier molecular flexibility index (Phi) is 2.74. The van der Waals surface area contributed by atoms with Crippen molar-refractivity contribution in [2.45, 2.75) is 58.0 Å². The molecule has 0 amide bonds. The second-order valence-corrected chi connectivity index (χ2v) is 6.15. The van der Waals surface area contributed by atoms with E-state index < -0.39 is 0 Å². The second-order valence-electron chi connectivity index (χ2n) is 6.15. The summed E-state index contributed by atoms with van der Waals surface area (Å²) >= 11 is 0. The van der Waals surface area contributed by atoms with E-state index in [9.17, 15) is 5.11 Å². The van der Waals surface area contributed by atoms with E-state index in [1.165, 1.54) is 56.1 Å². The van der Waals surface area contributed by atoms with Crippen molar-refractivity contribution in [3.05, 3.63) is 34.9 Å². The molecule has 1 fully saturated rings. The van der Waals surface area contributed by atoms with Gasteiger partial charge in [0, 0.05) is 0 Å². The monoisotopic (exact) mass is 230 g/mol. The van der Waals surface area contributed by atoms with Crippen LogP contribution in [0.15, 0.2) is 18.2 Å². The van der Waals surface area contributed by atoms with E-state index in [-0.39, 0.29) is 11.5 Å². The lowest BCUT2D eigenvalue weighted by Gasteiger charge is -2.30. The van der Waals surface area contributed by atoms with Crippen LogP contribution >= 0.6 is 0 Å². The molecule has 0 heterocycles. The molecule has 17 heavy (non-hydrogen) atoms. The zero-order valence-corrected chi connectivity index (χ0v) is 10.7. The minimum atomic E-state index is -0.268. The zero-order valence-electron chi connectivity index (χ0n) is 10.7. The topological polar surface area (TPSA) is 20.2 Å². The van der Waals surface area contributed by atoms with Gasteiger partial charge in [0.1, 0.15) is 0 Å². The molecular weight excluding hydrogens is 208 g/mol. The Labute approximate surface area is 104 Å². The Morgan fingerprint density at radius 2 is 1.76 bits per heavy atom. The van der Waals surface area contributed by atoms with Gasteiger partial charge in [0.15, 0.2) is 0 Å². The number of aryl methyl sites for hydroxylation is 2. The van der Waals surface area contributed by atoms with Gasteiger partial charge in [0.25, 0.3) is 0 Å². The lowest BCUT2D eigenvalue weighted by molar-refractivity contribution is 0.0408. The fourth-order valence-corrected chi connectivity index (χ4v) is 3.62. The van der Waals surface area contributed by atoms with Gasteiger partial charge in [0.05, 0.1) is 6.10 Å². The van der Waals surface area contributed by atoms with Crippen molar-refractivity contribution in [2.24, 2.45) is 5.41 Å². The molecule has 0 aromatic heterocycles. The summed E-state index contributed by atoms with van der Waals surface area (Å²) in [5.41, 5.74) is 4.24. The number of hydrogen-bond acceptors (Lipinski definition) is 1. The smallest absolute Gasteiger partial charge is 0.0843 e. The first-order chi connectivity index (χ1) is 8.19. The van der Waals surface area contributed by atoms with Gasteiger partial charge in [-0.1, -0.05) is 38.0 Å². The van der Waals surface area contributed by atoms with Crippen molar-refractivity contribution in [3.8, 4) is 0 Å². The molecule has 1 saturated carbocycles. The maximum atomic E-state index is 10.6. The third-order valence-electron chi connectivity index (χ3n) is 4.84. The molecule has 0 aliphatic heterocycles. The van der Waals surface area contributed by atoms with Gasteiger partial charge in [0.2, 0.25) is 0 Å². The Morgan fingerprint density at radius 3 is 2.53 bits per heavy atom. The molecule has 1 aromatic rings. The van der Waals surface area contributed by atoms with Crippen LogP contribution in [0, 0.1) is 5.41 Å². The molecule has 0 saturated heterocycles. The van der Waals surface area contributed by atoms with Crippen molar-refractivity contribution >= 4 is 0 Å². The van der Waals surface area contributed by atoms with Gasteiger partial charge < -0.3 is 5.11 Å². The number of fused-ring (bicyclic) bond motifs is 1. The van der Waals surface area contributed by atoms with Crippen molar-refractivity contribution in [2.75, 3.05) is 0 Å². The van der Waals surface area contributed by atoms with Crippen molar-refractivity contribution in [1.29, 1.82) is 0 Å². The fourth-order valence-electron chi connectivity index (χ4n) is 3.62. The molecule has 1 N–H and O–H groups in total. The van der Waals surface area contributed by atoms with Gasteiger partial charge in [-0.25, -0.2) is 0 Å². The number of hydrogen-bond donors (Lipinski definition) is 1. The molecule has 1 atom stereocenters. The third-order valence-corrected chi connectivity index (χ3v) is 4.84. The van der Waals surface area contributed by atoms with E-state index in [1.807, 2.05) is 0 Å². The largest absolute Gasteiger partial charge is 0.388 e. The maximum Gasteiger partial charge on any atom is 0.0843 e. The summed E-state index contributed by atoms with van der Waals surface area (Å²) in [6, 6.07) is 6.65. The molecule has 1 aromatic carbocycles. The molecule has 2 aliphatic rings. The quantitative estimate of drug-likeness (QED) is 0.819. The zero-order chi connectivity index (χ0) is 11.9. The first-order valence-corrected chi connectivity index (χ1v) is 6.99. The van der Waals surface area contributed by atoms with E-state index in [1.54, 1.807) is 0 Å². The Bertz CT molecular complexity index is 416. The Hall–Kier alpha value is -0.820. The molecule has 2 aliphatic carbocycles. The molecule has 1 nitrogen and oxygen atoms in total. The van der Waals surface area contributed by atoms with Crippen LogP contribution in [0.25, 0.3) is 0 Å². The van der Waals surface area contributed by atoms with Crippen molar-refractivity contribution in [3.63, 3.8) is 0 Å². The highest BCUT2D eigenvalue weighted by atomic mass is 16.3. The van der Waals surface area contributed by atoms with Crippen LogP contribution in [0.5, 0.6) is 0 Å². The van der Waals surface area contributed by atoms with Crippen LogP contribution in [0.1, 0.15) is 61.8 Å². The van der Waals surface area contributed by atoms with Crippen LogP contribution < -0.4 is 0 Å². The molecule has 0 bridgehead atoms. The predicted molar refractivity (Wildman–Crippen MR) is 70.0 cm³/mol. The van der Waals surface area contributed by atoms with Crippen LogP contribution in [0.2, 0.25) is 0 Å². The number of aliphatic hydroxyl groups excluding tert-OH is 1. The van der Waals surface area contributed by atoms with E-state index in [0.29, 0.717) is 0 Å². The van der Waals surface area contributed by atoms with Crippen molar-refractivity contribution in [1.82, 2.24) is 0 Å². The molecule has 1 heteroatoms. The lowest BCUT2D eigenvalue weighted by atomic mass is 9.79. The summed E-state index contributed by atoms with van der Waals surface area (Å²) in [6.07, 6.45) is 8.34. The SMILES string of the molecule is CC1(C(O)c2ccc3c(c2)CCC3)CCCC1. The van der Waals surface area contributed by atoms with E-state index in [4.69, 9.17) is 0 Å². The first-order valence-electron chi connectivity index (χ1n) is 6.99. The predicted octanol–water partition coefficient (Wildman–Crippen LogP) is 3.79. The summed E-state index contributed by atoms with van der Waals surface area (Å²) in [7, 11) is 0. The van der Waals surface area contributed by atoms with Gasteiger partial charge in [-0.05, 0) is 54.2 Å². The van der Waals surface area contributed by atoms with E-state index in [2.05, 4.69) is 25.1 Å². The van der Waals surface area contributed by atoms with Crippen molar-refractivity contribution < 1.29 is 5.11 Å². The minimum absolute atomic E-state index is 0.118. The van der Waals surface area contributed by atoms with Crippen LogP contribution in [-0.2, 0) is 12.8 Å². The maximum absolute atomic E-state index is 10.6. The van der Waals surface area contributed by atoms with Gasteiger partial charge in [-0.2, -0.15) is 0 Å². The van der Waals surface area contributed by atoms with Gasteiger partial charge >= 0.3 is 0 Å². The third kappa shape index (κ3) is 1.91. The minimum Gasteiger partial charge on any atom is -0.388 e. The van der Waals surface area contributed by atoms with E-state index in [0.717, 1.165) is 5.56 Å². The highest BCUT2D eigenvalue weighted by Crippen LogP contribution is 2.47. The van der Waals surface area contributed by atoms with Crippen LogP contribution in [0.3, 0.4) is 0 Å². The number of benzene rings is 1. The molecule has 0 radical (unpaired) electrons. The molecule has 92 valence electrons. The summed E-state index contributed by atoms with van der Waals surface area (Å²) in [5, 5.41) is 10.6. The molecule has 1 unspecified atom stereocenters.